The van der Waals surface area contributed by atoms with Crippen molar-refractivity contribution in [1.29, 1.82) is 0 Å². The summed E-state index contributed by atoms with van der Waals surface area (Å²) in [5, 5.41) is 2.83. The molecule has 0 aromatic heterocycles. The number of ether oxygens (including phenoxy) is 2. The maximum atomic E-state index is 12.8. The summed E-state index contributed by atoms with van der Waals surface area (Å²) in [5.74, 6) is 0.301. The van der Waals surface area contributed by atoms with Crippen molar-refractivity contribution in [1.82, 2.24) is 4.31 Å². The van der Waals surface area contributed by atoms with Crippen LogP contribution in [0, 0.1) is 5.92 Å². The van der Waals surface area contributed by atoms with Gasteiger partial charge in [0.1, 0.15) is 12.4 Å². The Bertz CT molecular complexity index is 970. The maximum Gasteiger partial charge on any atom is 0.243 e. The summed E-state index contributed by atoms with van der Waals surface area (Å²) in [6.07, 6.45) is 0.591. The largest absolute Gasteiger partial charge is 0.492 e. The molecule has 0 spiro atoms. The third kappa shape index (κ3) is 3.89. The van der Waals surface area contributed by atoms with E-state index in [-0.39, 0.29) is 16.7 Å². The van der Waals surface area contributed by atoms with E-state index in [9.17, 15) is 13.2 Å². The number of para-hydroxylation sites is 1. The number of carbonyl (C=O) groups excluding carboxylic acids is 1. The normalized spacial score (nSPS) is 20.1. The lowest BCUT2D eigenvalue weighted by molar-refractivity contribution is -0.121. The van der Waals surface area contributed by atoms with E-state index >= 15 is 0 Å². The van der Waals surface area contributed by atoms with E-state index in [0.717, 1.165) is 11.3 Å². The standard InChI is InChI=1S/C20H22N2O5S/c23-20(16-12-15-4-1-2-7-19(15)27-14-16)21-17-5-3-6-18(13-17)28(24,25)22-8-10-26-11-9-22/h1-7,13,16H,8-12,14H2,(H,21,23). The zero-order valence-corrected chi connectivity index (χ0v) is 16.2. The molecule has 148 valence electrons. The van der Waals surface area contributed by atoms with E-state index in [1.165, 1.54) is 10.4 Å². The van der Waals surface area contributed by atoms with Gasteiger partial charge in [-0.25, -0.2) is 8.42 Å². The van der Waals surface area contributed by atoms with Crippen molar-refractivity contribution in [2.45, 2.75) is 11.3 Å². The number of sulfonamides is 1. The number of amides is 1. The van der Waals surface area contributed by atoms with E-state index in [1.807, 2.05) is 24.3 Å². The van der Waals surface area contributed by atoms with Crippen LogP contribution in [0.2, 0.25) is 0 Å². The van der Waals surface area contributed by atoms with Gasteiger partial charge in [0.15, 0.2) is 0 Å². The van der Waals surface area contributed by atoms with Crippen LogP contribution in [0.4, 0.5) is 5.69 Å². The van der Waals surface area contributed by atoms with Crippen molar-refractivity contribution in [2.75, 3.05) is 38.2 Å². The summed E-state index contributed by atoms with van der Waals surface area (Å²) in [4.78, 5) is 12.8. The van der Waals surface area contributed by atoms with Crippen molar-refractivity contribution in [2.24, 2.45) is 5.92 Å². The fourth-order valence-corrected chi connectivity index (χ4v) is 4.87. The smallest absolute Gasteiger partial charge is 0.243 e. The second kappa shape index (κ2) is 7.90. The molecule has 7 nitrogen and oxygen atoms in total. The van der Waals surface area contributed by atoms with Crippen LogP contribution in [-0.2, 0) is 26.0 Å². The second-order valence-corrected chi connectivity index (χ2v) is 8.79. The van der Waals surface area contributed by atoms with E-state index in [1.54, 1.807) is 18.2 Å². The van der Waals surface area contributed by atoms with E-state index in [4.69, 9.17) is 9.47 Å². The van der Waals surface area contributed by atoms with Crippen LogP contribution in [0.1, 0.15) is 5.56 Å². The highest BCUT2D eigenvalue weighted by atomic mass is 32.2. The van der Waals surface area contributed by atoms with Gasteiger partial charge in [-0.1, -0.05) is 24.3 Å². The van der Waals surface area contributed by atoms with Gasteiger partial charge in [-0.2, -0.15) is 4.31 Å². The van der Waals surface area contributed by atoms with Gasteiger partial charge in [-0.05, 0) is 36.2 Å². The van der Waals surface area contributed by atoms with E-state index < -0.39 is 10.0 Å². The van der Waals surface area contributed by atoms with Crippen LogP contribution in [0.25, 0.3) is 0 Å². The molecule has 2 aromatic rings. The highest BCUT2D eigenvalue weighted by Gasteiger charge is 2.28. The lowest BCUT2D eigenvalue weighted by atomic mass is 9.96. The molecule has 0 saturated carbocycles. The minimum Gasteiger partial charge on any atom is -0.492 e. The lowest BCUT2D eigenvalue weighted by Crippen LogP contribution is -2.40. The number of nitrogens with one attached hydrogen (secondary N) is 1. The molecular formula is C20H22N2O5S. The molecule has 28 heavy (non-hydrogen) atoms. The average molecular weight is 402 g/mol. The van der Waals surface area contributed by atoms with Gasteiger partial charge in [0, 0.05) is 18.8 Å². The number of nitrogens with zero attached hydrogens (tertiary/aromatic N) is 1. The maximum absolute atomic E-state index is 12.8. The molecular weight excluding hydrogens is 380 g/mol. The Hall–Kier alpha value is -2.42. The monoisotopic (exact) mass is 402 g/mol. The zero-order chi connectivity index (χ0) is 19.6. The Morgan fingerprint density at radius 1 is 1.07 bits per heavy atom. The van der Waals surface area contributed by atoms with Crippen molar-refractivity contribution in [3.05, 3.63) is 54.1 Å². The Kier molecular flexibility index (Phi) is 5.34. The highest BCUT2D eigenvalue weighted by molar-refractivity contribution is 7.89. The van der Waals surface area contributed by atoms with E-state index in [2.05, 4.69) is 5.32 Å². The fraction of sp³-hybridized carbons (Fsp3) is 0.350. The highest BCUT2D eigenvalue weighted by Crippen LogP contribution is 2.28. The molecule has 0 bridgehead atoms. The molecule has 1 unspecified atom stereocenters. The molecule has 1 N–H and O–H groups in total. The molecule has 2 aromatic carbocycles. The van der Waals surface area contributed by atoms with Gasteiger partial charge in [0.05, 0.1) is 24.0 Å². The van der Waals surface area contributed by atoms with E-state index in [0.29, 0.717) is 45.0 Å². The van der Waals surface area contributed by atoms with Crippen LogP contribution < -0.4 is 10.1 Å². The molecule has 2 aliphatic heterocycles. The van der Waals surface area contributed by atoms with Crippen LogP contribution in [-0.4, -0.2) is 51.5 Å². The van der Waals surface area contributed by atoms with Gasteiger partial charge in [-0.3, -0.25) is 4.79 Å². The van der Waals surface area contributed by atoms with Gasteiger partial charge < -0.3 is 14.8 Å². The van der Waals surface area contributed by atoms with Crippen LogP contribution >= 0.6 is 0 Å². The number of fused-ring (bicyclic) bond motifs is 1. The molecule has 2 aliphatic rings. The van der Waals surface area contributed by atoms with Crippen molar-refractivity contribution < 1.29 is 22.7 Å². The number of benzene rings is 2. The molecule has 8 heteroatoms. The fourth-order valence-electron chi connectivity index (χ4n) is 3.41. The summed E-state index contributed by atoms with van der Waals surface area (Å²) in [5.41, 5.74) is 1.45. The average Bonchev–Trinajstić information content (AvgIpc) is 2.74. The number of rotatable bonds is 4. The molecule has 1 fully saturated rings. The topological polar surface area (TPSA) is 84.9 Å². The Balaban J connectivity index is 1.47. The van der Waals surface area contributed by atoms with Crippen LogP contribution in [0.3, 0.4) is 0 Å². The van der Waals surface area contributed by atoms with Gasteiger partial charge >= 0.3 is 0 Å². The molecule has 1 amide bonds. The van der Waals surface area contributed by atoms with Gasteiger partial charge in [0.25, 0.3) is 0 Å². The molecule has 1 saturated heterocycles. The van der Waals surface area contributed by atoms with Crippen molar-refractivity contribution in [3.8, 4) is 5.75 Å². The summed E-state index contributed by atoms with van der Waals surface area (Å²) in [7, 11) is -3.61. The number of hydrogen-bond donors (Lipinski definition) is 1. The minimum absolute atomic E-state index is 0.164. The van der Waals surface area contributed by atoms with Gasteiger partial charge in [-0.15, -0.1) is 0 Å². The zero-order valence-electron chi connectivity index (χ0n) is 15.3. The molecule has 4 rings (SSSR count). The Morgan fingerprint density at radius 3 is 2.68 bits per heavy atom. The molecule has 2 heterocycles. The number of morpholine rings is 1. The summed E-state index contributed by atoms with van der Waals surface area (Å²) >= 11 is 0. The van der Waals surface area contributed by atoms with Gasteiger partial charge in [0.2, 0.25) is 15.9 Å². The molecule has 1 atom stereocenters. The van der Waals surface area contributed by atoms with Crippen molar-refractivity contribution in [3.63, 3.8) is 0 Å². The Morgan fingerprint density at radius 2 is 1.86 bits per heavy atom. The molecule has 0 radical (unpaired) electrons. The third-order valence-corrected chi connectivity index (χ3v) is 6.85. The predicted molar refractivity (Wildman–Crippen MR) is 104 cm³/mol. The summed E-state index contributed by atoms with van der Waals surface area (Å²) in [6.45, 7) is 1.74. The summed E-state index contributed by atoms with van der Waals surface area (Å²) < 4.78 is 37.9. The first-order chi connectivity index (χ1) is 13.5. The first-order valence-electron chi connectivity index (χ1n) is 9.23. The lowest BCUT2D eigenvalue weighted by Gasteiger charge is -2.26. The SMILES string of the molecule is O=C(Nc1cccc(S(=O)(=O)N2CCOCC2)c1)C1COc2ccccc2C1. The minimum atomic E-state index is -3.61. The summed E-state index contributed by atoms with van der Waals surface area (Å²) in [6, 6.07) is 14.0. The van der Waals surface area contributed by atoms with Crippen LogP contribution in [0.5, 0.6) is 5.75 Å². The first kappa shape index (κ1) is 18.9. The number of anilines is 1. The predicted octanol–water partition coefficient (Wildman–Crippen LogP) is 1.90. The quantitative estimate of drug-likeness (QED) is 0.844. The first-order valence-corrected chi connectivity index (χ1v) is 10.7. The molecule has 0 aliphatic carbocycles. The van der Waals surface area contributed by atoms with Crippen molar-refractivity contribution >= 4 is 21.6 Å². The number of hydrogen-bond acceptors (Lipinski definition) is 5. The Labute approximate surface area is 164 Å². The number of carbonyl (C=O) groups is 1. The third-order valence-electron chi connectivity index (χ3n) is 4.96. The second-order valence-electron chi connectivity index (χ2n) is 6.85. The van der Waals surface area contributed by atoms with Crippen LogP contribution in [0.15, 0.2) is 53.4 Å².